The summed E-state index contributed by atoms with van der Waals surface area (Å²) in [7, 11) is 0. The highest BCUT2D eigenvalue weighted by Crippen LogP contribution is 2.38. The van der Waals surface area contributed by atoms with Crippen molar-refractivity contribution in [1.29, 1.82) is 0 Å². The number of nitrogens with zero attached hydrogens (tertiary/aromatic N) is 1. The zero-order valence-corrected chi connectivity index (χ0v) is 14.1. The summed E-state index contributed by atoms with van der Waals surface area (Å²) in [6.07, 6.45) is -1.62. The molecule has 26 heavy (non-hydrogen) atoms. The van der Waals surface area contributed by atoms with Gasteiger partial charge in [0.1, 0.15) is 18.6 Å². The average molecular weight is 379 g/mol. The number of esters is 1. The lowest BCUT2D eigenvalue weighted by molar-refractivity contribution is -0.153. The van der Waals surface area contributed by atoms with E-state index >= 15 is 0 Å². The second-order valence-electron chi connectivity index (χ2n) is 6.49. The van der Waals surface area contributed by atoms with Gasteiger partial charge in [0.25, 0.3) is 11.8 Å². The lowest BCUT2D eigenvalue weighted by Crippen LogP contribution is -2.54. The van der Waals surface area contributed by atoms with E-state index in [2.05, 4.69) is 10.1 Å². The Morgan fingerprint density at radius 1 is 1.35 bits per heavy atom. The average Bonchev–Trinajstić information content (AvgIpc) is 2.78. The molecular formula is C15H20F3N3O5. The number of amides is 4. The van der Waals surface area contributed by atoms with Crippen LogP contribution in [0.2, 0.25) is 0 Å². The maximum atomic E-state index is 12.6. The van der Waals surface area contributed by atoms with Gasteiger partial charge >= 0.3 is 18.2 Å². The molecule has 2 fully saturated rings. The number of imide groups is 1. The van der Waals surface area contributed by atoms with E-state index in [1.54, 1.807) is 5.32 Å². The molecule has 2 rings (SSSR count). The zero-order valence-electron chi connectivity index (χ0n) is 14.1. The Balaban J connectivity index is 1.86. The third-order valence-corrected chi connectivity index (χ3v) is 4.64. The number of ether oxygens (including phenoxy) is 1. The Bertz CT molecular complexity index is 610. The molecule has 1 aliphatic heterocycles. The van der Waals surface area contributed by atoms with Crippen molar-refractivity contribution in [2.75, 3.05) is 19.7 Å². The fraction of sp³-hybridized carbons (Fsp3) is 0.733. The Morgan fingerprint density at radius 2 is 2.04 bits per heavy atom. The highest BCUT2D eigenvalue weighted by atomic mass is 19.4. The zero-order chi connectivity index (χ0) is 19.5. The van der Waals surface area contributed by atoms with Crippen LogP contribution in [0, 0.1) is 5.92 Å². The summed E-state index contributed by atoms with van der Waals surface area (Å²) < 4.78 is 40.4. The molecule has 11 heteroatoms. The van der Waals surface area contributed by atoms with Crippen LogP contribution in [-0.2, 0) is 19.1 Å². The van der Waals surface area contributed by atoms with Crippen molar-refractivity contribution in [1.82, 2.24) is 15.5 Å². The number of hydrogen-bond donors (Lipinski definition) is 2. The molecule has 0 bridgehead atoms. The second-order valence-corrected chi connectivity index (χ2v) is 6.49. The molecule has 1 saturated heterocycles. The molecule has 1 aliphatic carbocycles. The molecule has 8 nitrogen and oxygen atoms in total. The van der Waals surface area contributed by atoms with Gasteiger partial charge in [-0.2, -0.15) is 13.2 Å². The summed E-state index contributed by atoms with van der Waals surface area (Å²) in [6, 6.07) is -0.720. The van der Waals surface area contributed by atoms with Gasteiger partial charge in [-0.15, -0.1) is 0 Å². The molecule has 0 radical (unpaired) electrons. The first-order valence-corrected chi connectivity index (χ1v) is 8.18. The summed E-state index contributed by atoms with van der Waals surface area (Å²) in [6.45, 7) is -1.33. The molecule has 2 aliphatic rings. The van der Waals surface area contributed by atoms with Crippen LogP contribution in [0.3, 0.4) is 0 Å². The van der Waals surface area contributed by atoms with Gasteiger partial charge in [0.15, 0.2) is 6.61 Å². The maximum absolute atomic E-state index is 12.6. The molecule has 1 spiro atoms. The fourth-order valence-corrected chi connectivity index (χ4v) is 3.21. The minimum atomic E-state index is -4.58. The van der Waals surface area contributed by atoms with Crippen LogP contribution < -0.4 is 10.6 Å². The first kappa shape index (κ1) is 20.0. The Labute approximate surface area is 147 Å². The number of nitrogens with one attached hydrogen (secondary N) is 2. The highest BCUT2D eigenvalue weighted by molar-refractivity contribution is 6.09. The molecule has 0 aromatic heterocycles. The standard InChI is InChI=1S/C15H20F3N3O5/c1-9-4-2-3-5-14(9)12(24)21(13(25)20-14)6-11(23)26-7-10(22)19-8-15(16,17)18/h9H,2-8H2,1H3,(H,19,22)(H,20,25)/t9-,14+/m0/s1. The Hall–Kier alpha value is -2.33. The Morgan fingerprint density at radius 3 is 2.65 bits per heavy atom. The van der Waals surface area contributed by atoms with Crippen LogP contribution >= 0.6 is 0 Å². The number of hydrogen-bond acceptors (Lipinski definition) is 5. The minimum Gasteiger partial charge on any atom is -0.454 e. The van der Waals surface area contributed by atoms with E-state index in [0.717, 1.165) is 24.2 Å². The van der Waals surface area contributed by atoms with Gasteiger partial charge in [0.2, 0.25) is 0 Å². The number of carbonyl (C=O) groups is 4. The van der Waals surface area contributed by atoms with Gasteiger partial charge < -0.3 is 15.4 Å². The van der Waals surface area contributed by atoms with E-state index in [-0.39, 0.29) is 5.92 Å². The molecule has 4 amide bonds. The first-order chi connectivity index (χ1) is 12.0. The SMILES string of the molecule is C[C@H]1CCCC[C@@]12NC(=O)N(CC(=O)OCC(=O)NCC(F)(F)F)C2=O. The monoisotopic (exact) mass is 379 g/mol. The van der Waals surface area contributed by atoms with Crippen molar-refractivity contribution in [2.24, 2.45) is 5.92 Å². The van der Waals surface area contributed by atoms with Crippen molar-refractivity contribution >= 4 is 23.8 Å². The maximum Gasteiger partial charge on any atom is 0.405 e. The van der Waals surface area contributed by atoms with Crippen LogP contribution in [0.5, 0.6) is 0 Å². The van der Waals surface area contributed by atoms with E-state index < -0.39 is 55.2 Å². The van der Waals surface area contributed by atoms with Crippen LogP contribution in [0.4, 0.5) is 18.0 Å². The summed E-state index contributed by atoms with van der Waals surface area (Å²) in [5.74, 6) is -2.79. The van der Waals surface area contributed by atoms with E-state index in [9.17, 15) is 32.3 Å². The molecule has 146 valence electrons. The topological polar surface area (TPSA) is 105 Å². The van der Waals surface area contributed by atoms with Gasteiger partial charge in [0.05, 0.1) is 0 Å². The fourth-order valence-electron chi connectivity index (χ4n) is 3.21. The van der Waals surface area contributed by atoms with Gasteiger partial charge in [0, 0.05) is 0 Å². The minimum absolute atomic E-state index is 0.0816. The van der Waals surface area contributed by atoms with Crippen LogP contribution in [-0.4, -0.2) is 60.1 Å². The molecule has 0 aromatic rings. The van der Waals surface area contributed by atoms with Crippen molar-refractivity contribution in [3.05, 3.63) is 0 Å². The number of urea groups is 1. The number of alkyl halides is 3. The number of carbonyl (C=O) groups excluding carboxylic acids is 4. The van der Waals surface area contributed by atoms with Crippen molar-refractivity contribution < 1.29 is 37.1 Å². The first-order valence-electron chi connectivity index (χ1n) is 8.18. The van der Waals surface area contributed by atoms with Crippen molar-refractivity contribution in [3.63, 3.8) is 0 Å². The Kier molecular flexibility index (Phi) is 5.77. The lowest BCUT2D eigenvalue weighted by atomic mass is 9.73. The van der Waals surface area contributed by atoms with E-state index in [1.807, 2.05) is 6.92 Å². The molecule has 2 atom stereocenters. The molecular weight excluding hydrogens is 359 g/mol. The third kappa shape index (κ3) is 4.44. The van der Waals surface area contributed by atoms with Gasteiger partial charge in [-0.25, -0.2) is 4.79 Å². The lowest BCUT2D eigenvalue weighted by Gasteiger charge is -2.36. The summed E-state index contributed by atoms with van der Waals surface area (Å²) >= 11 is 0. The van der Waals surface area contributed by atoms with Crippen molar-refractivity contribution in [3.8, 4) is 0 Å². The van der Waals surface area contributed by atoms with E-state index in [0.29, 0.717) is 6.42 Å². The predicted molar refractivity (Wildman–Crippen MR) is 80.6 cm³/mol. The highest BCUT2D eigenvalue weighted by Gasteiger charge is 2.55. The largest absolute Gasteiger partial charge is 0.454 e. The summed E-state index contributed by atoms with van der Waals surface area (Å²) in [5, 5.41) is 4.19. The molecule has 1 heterocycles. The van der Waals surface area contributed by atoms with Gasteiger partial charge in [-0.1, -0.05) is 19.8 Å². The quantitative estimate of drug-likeness (QED) is 0.541. The number of halogens is 3. The molecule has 2 N–H and O–H groups in total. The normalized spacial score (nSPS) is 26.0. The molecule has 0 aromatic carbocycles. The summed E-state index contributed by atoms with van der Waals surface area (Å²) in [4.78, 5) is 48.4. The third-order valence-electron chi connectivity index (χ3n) is 4.64. The van der Waals surface area contributed by atoms with Crippen LogP contribution in [0.1, 0.15) is 32.6 Å². The predicted octanol–water partition coefficient (Wildman–Crippen LogP) is 0.709. The van der Waals surface area contributed by atoms with Gasteiger partial charge in [-0.05, 0) is 18.8 Å². The van der Waals surface area contributed by atoms with Crippen LogP contribution in [0.25, 0.3) is 0 Å². The van der Waals surface area contributed by atoms with E-state index in [4.69, 9.17) is 0 Å². The second kappa shape index (κ2) is 7.50. The van der Waals surface area contributed by atoms with Gasteiger partial charge in [-0.3, -0.25) is 19.3 Å². The van der Waals surface area contributed by atoms with E-state index in [1.165, 1.54) is 0 Å². The molecule has 1 saturated carbocycles. The summed E-state index contributed by atoms with van der Waals surface area (Å²) in [5.41, 5.74) is -1.03. The molecule has 0 unspecified atom stereocenters. The number of rotatable bonds is 5. The smallest absolute Gasteiger partial charge is 0.405 e. The van der Waals surface area contributed by atoms with Crippen molar-refractivity contribution in [2.45, 2.75) is 44.3 Å². The van der Waals surface area contributed by atoms with Crippen LogP contribution in [0.15, 0.2) is 0 Å².